The van der Waals surface area contributed by atoms with Crippen molar-refractivity contribution in [1.29, 1.82) is 0 Å². The summed E-state index contributed by atoms with van der Waals surface area (Å²) in [5.41, 5.74) is 5.31. The molecule has 0 bridgehead atoms. The molecule has 1 saturated heterocycles. The Balaban J connectivity index is 1.68. The SMILES string of the molecule is COc1ccccc1N1C(=S)N[C@@H](c2ccccn2)[C@H]1c1cccn1-c1ccc(C)cc1. The molecule has 0 amide bonds. The average molecular weight is 441 g/mol. The van der Waals surface area contributed by atoms with E-state index >= 15 is 0 Å². The second-order valence-electron chi connectivity index (χ2n) is 7.81. The summed E-state index contributed by atoms with van der Waals surface area (Å²) in [6.07, 6.45) is 3.92. The van der Waals surface area contributed by atoms with Gasteiger partial charge in [-0.1, -0.05) is 35.9 Å². The maximum absolute atomic E-state index is 5.86. The predicted octanol–water partition coefficient (Wildman–Crippen LogP) is 5.37. The zero-order valence-corrected chi connectivity index (χ0v) is 18.8. The van der Waals surface area contributed by atoms with Gasteiger partial charge >= 0.3 is 0 Å². The van der Waals surface area contributed by atoms with Crippen LogP contribution in [-0.4, -0.2) is 21.8 Å². The van der Waals surface area contributed by atoms with Crippen molar-refractivity contribution in [2.75, 3.05) is 12.0 Å². The largest absolute Gasteiger partial charge is 0.495 e. The van der Waals surface area contributed by atoms with E-state index in [0.717, 1.165) is 28.5 Å². The van der Waals surface area contributed by atoms with Gasteiger partial charge in [-0.25, -0.2) is 0 Å². The van der Waals surface area contributed by atoms with Gasteiger partial charge in [-0.2, -0.15) is 0 Å². The van der Waals surface area contributed by atoms with Gasteiger partial charge in [0.15, 0.2) is 5.11 Å². The molecule has 1 fully saturated rings. The number of pyridine rings is 1. The molecule has 4 aromatic rings. The van der Waals surface area contributed by atoms with Crippen LogP contribution in [0.15, 0.2) is 91.3 Å². The van der Waals surface area contributed by atoms with Crippen LogP contribution >= 0.6 is 12.2 Å². The van der Waals surface area contributed by atoms with Gasteiger partial charge < -0.3 is 19.5 Å². The molecule has 1 aliphatic heterocycles. The van der Waals surface area contributed by atoms with Crippen LogP contribution in [0.25, 0.3) is 5.69 Å². The number of thiocarbonyl (C=S) groups is 1. The summed E-state index contributed by atoms with van der Waals surface area (Å²) in [5, 5.41) is 4.17. The van der Waals surface area contributed by atoms with Crippen LogP contribution in [0.3, 0.4) is 0 Å². The maximum atomic E-state index is 5.86. The van der Waals surface area contributed by atoms with Crippen molar-refractivity contribution < 1.29 is 4.74 Å². The number of rotatable bonds is 5. The number of nitrogens with one attached hydrogen (secondary N) is 1. The minimum absolute atomic E-state index is 0.118. The van der Waals surface area contributed by atoms with Gasteiger partial charge in [0, 0.05) is 23.8 Å². The Hall–Kier alpha value is -3.64. The Morgan fingerprint density at radius 3 is 2.47 bits per heavy atom. The molecular weight excluding hydrogens is 416 g/mol. The molecule has 2 atom stereocenters. The monoisotopic (exact) mass is 440 g/mol. The topological polar surface area (TPSA) is 42.3 Å². The number of hydrogen-bond acceptors (Lipinski definition) is 3. The van der Waals surface area contributed by atoms with Crippen LogP contribution in [0.5, 0.6) is 5.75 Å². The summed E-state index contributed by atoms with van der Waals surface area (Å²) < 4.78 is 7.91. The first-order valence-electron chi connectivity index (χ1n) is 10.6. The Labute approximate surface area is 193 Å². The molecule has 32 heavy (non-hydrogen) atoms. The lowest BCUT2D eigenvalue weighted by molar-refractivity contribution is 0.414. The van der Waals surface area contributed by atoms with Crippen LogP contribution in [0.2, 0.25) is 0 Å². The standard InChI is InChI=1S/C26H24N4OS/c1-18-12-14-19(15-13-18)29-17-7-10-22(29)25-24(20-8-5-6-16-27-20)28-26(32)30(25)21-9-3-4-11-23(21)31-2/h3-17,24-25H,1-2H3,(H,28,32)/t24-,25+/m0/s1. The van der Waals surface area contributed by atoms with E-state index in [0.29, 0.717) is 5.11 Å². The third-order valence-electron chi connectivity index (χ3n) is 5.84. The lowest BCUT2D eigenvalue weighted by Crippen LogP contribution is -2.30. The summed E-state index contributed by atoms with van der Waals surface area (Å²) in [6, 6.07) is 26.5. The molecule has 2 aromatic carbocycles. The number of benzene rings is 2. The van der Waals surface area contributed by atoms with Gasteiger partial charge in [0.05, 0.1) is 24.5 Å². The number of nitrogens with zero attached hydrogens (tertiary/aromatic N) is 3. The number of methoxy groups -OCH3 is 1. The van der Waals surface area contributed by atoms with Gasteiger partial charge in [-0.15, -0.1) is 0 Å². The highest BCUT2D eigenvalue weighted by Gasteiger charge is 2.43. The third-order valence-corrected chi connectivity index (χ3v) is 6.15. The fraction of sp³-hybridized carbons (Fsp3) is 0.154. The molecular formula is C26H24N4OS. The minimum atomic E-state index is -0.120. The lowest BCUT2D eigenvalue weighted by Gasteiger charge is -2.30. The molecule has 5 nitrogen and oxygen atoms in total. The van der Waals surface area contributed by atoms with Crippen LogP contribution in [0, 0.1) is 6.92 Å². The highest BCUT2D eigenvalue weighted by Crippen LogP contribution is 2.44. The Bertz CT molecular complexity index is 1240. The fourth-order valence-electron chi connectivity index (χ4n) is 4.32. The number of para-hydroxylation sites is 2. The second kappa shape index (κ2) is 8.48. The van der Waals surface area contributed by atoms with Gasteiger partial charge in [0.1, 0.15) is 11.8 Å². The van der Waals surface area contributed by atoms with E-state index in [-0.39, 0.29) is 12.1 Å². The van der Waals surface area contributed by atoms with Crippen molar-refractivity contribution in [1.82, 2.24) is 14.9 Å². The average Bonchev–Trinajstić information content (AvgIpc) is 3.44. The zero-order chi connectivity index (χ0) is 22.1. The molecule has 0 unspecified atom stereocenters. The number of hydrogen-bond donors (Lipinski definition) is 1. The Kier molecular flexibility index (Phi) is 5.37. The van der Waals surface area contributed by atoms with E-state index in [9.17, 15) is 0 Å². The van der Waals surface area contributed by atoms with Crippen molar-refractivity contribution in [3.63, 3.8) is 0 Å². The Morgan fingerprint density at radius 2 is 1.72 bits per heavy atom. The molecule has 0 saturated carbocycles. The molecule has 0 spiro atoms. The van der Waals surface area contributed by atoms with Gasteiger partial charge in [-0.3, -0.25) is 4.98 Å². The van der Waals surface area contributed by atoms with Gasteiger partial charge in [0.2, 0.25) is 0 Å². The molecule has 2 aromatic heterocycles. The summed E-state index contributed by atoms with van der Waals surface area (Å²) in [5.74, 6) is 0.775. The molecule has 0 aliphatic carbocycles. The second-order valence-corrected chi connectivity index (χ2v) is 8.19. The summed E-state index contributed by atoms with van der Waals surface area (Å²) in [7, 11) is 1.69. The van der Waals surface area contributed by atoms with E-state index in [1.807, 2.05) is 48.7 Å². The fourth-order valence-corrected chi connectivity index (χ4v) is 4.66. The smallest absolute Gasteiger partial charge is 0.174 e. The highest BCUT2D eigenvalue weighted by molar-refractivity contribution is 7.80. The first kappa shape index (κ1) is 20.3. The molecule has 5 rings (SSSR count). The molecule has 160 valence electrons. The molecule has 1 aliphatic rings. The normalized spacial score (nSPS) is 17.9. The number of aromatic nitrogens is 2. The van der Waals surface area contributed by atoms with E-state index in [4.69, 9.17) is 17.0 Å². The highest BCUT2D eigenvalue weighted by atomic mass is 32.1. The summed E-state index contributed by atoms with van der Waals surface area (Å²) >= 11 is 5.86. The third kappa shape index (κ3) is 3.52. The van der Waals surface area contributed by atoms with E-state index in [1.165, 1.54) is 5.56 Å². The van der Waals surface area contributed by atoms with Crippen molar-refractivity contribution in [2.24, 2.45) is 0 Å². The van der Waals surface area contributed by atoms with Crippen molar-refractivity contribution in [3.05, 3.63) is 108 Å². The molecule has 1 N–H and O–H groups in total. The number of aryl methyl sites for hydroxylation is 1. The first-order valence-corrected chi connectivity index (χ1v) is 11.0. The molecule has 3 heterocycles. The summed E-state index contributed by atoms with van der Waals surface area (Å²) in [6.45, 7) is 2.10. The minimum Gasteiger partial charge on any atom is -0.495 e. The Morgan fingerprint density at radius 1 is 0.938 bits per heavy atom. The van der Waals surface area contributed by atoms with Gasteiger partial charge in [0.25, 0.3) is 0 Å². The lowest BCUT2D eigenvalue weighted by atomic mass is 10.0. The molecule has 6 heteroatoms. The van der Waals surface area contributed by atoms with E-state index < -0.39 is 0 Å². The zero-order valence-electron chi connectivity index (χ0n) is 18.0. The maximum Gasteiger partial charge on any atom is 0.174 e. The van der Waals surface area contributed by atoms with Crippen LogP contribution < -0.4 is 15.0 Å². The first-order chi connectivity index (χ1) is 15.7. The van der Waals surface area contributed by atoms with Crippen LogP contribution in [0.1, 0.15) is 29.0 Å². The molecule has 0 radical (unpaired) electrons. The van der Waals surface area contributed by atoms with Crippen molar-refractivity contribution in [3.8, 4) is 11.4 Å². The van der Waals surface area contributed by atoms with Crippen LogP contribution in [0.4, 0.5) is 5.69 Å². The van der Waals surface area contributed by atoms with E-state index in [2.05, 4.69) is 69.3 Å². The number of anilines is 1. The van der Waals surface area contributed by atoms with Crippen LogP contribution in [-0.2, 0) is 0 Å². The van der Waals surface area contributed by atoms with Gasteiger partial charge in [-0.05, 0) is 67.7 Å². The van der Waals surface area contributed by atoms with Crippen molar-refractivity contribution in [2.45, 2.75) is 19.0 Å². The quantitative estimate of drug-likeness (QED) is 0.423. The predicted molar refractivity (Wildman–Crippen MR) is 131 cm³/mol. The van der Waals surface area contributed by atoms with Crippen molar-refractivity contribution >= 4 is 23.0 Å². The summed E-state index contributed by atoms with van der Waals surface area (Å²) in [4.78, 5) is 6.80. The van der Waals surface area contributed by atoms with E-state index in [1.54, 1.807) is 7.11 Å². The number of ether oxygens (including phenoxy) is 1.